The number of hydrogen-bond donors (Lipinski definition) is 2. The largest absolute Gasteiger partial charge is 0.377 e. The molecule has 0 bridgehead atoms. The van der Waals surface area contributed by atoms with Gasteiger partial charge in [-0.2, -0.15) is 0 Å². The number of thiazole rings is 1. The molecule has 1 fully saturated rings. The van der Waals surface area contributed by atoms with Gasteiger partial charge >= 0.3 is 0 Å². The van der Waals surface area contributed by atoms with Gasteiger partial charge in [-0.3, -0.25) is 11.3 Å². The highest BCUT2D eigenvalue weighted by Crippen LogP contribution is 2.38. The van der Waals surface area contributed by atoms with E-state index in [9.17, 15) is 0 Å². The second-order valence-electron chi connectivity index (χ2n) is 5.32. The highest BCUT2D eigenvalue weighted by Gasteiger charge is 2.42. The van der Waals surface area contributed by atoms with Crippen LogP contribution in [0.3, 0.4) is 0 Å². The first-order chi connectivity index (χ1) is 8.70. The normalized spacial score (nSPS) is 30.3. The molecule has 0 saturated heterocycles. The number of hydrogen-bond acceptors (Lipinski definition) is 5. The van der Waals surface area contributed by atoms with Crippen molar-refractivity contribution in [3.05, 3.63) is 16.6 Å². The zero-order valence-electron chi connectivity index (χ0n) is 11.2. The van der Waals surface area contributed by atoms with Crippen molar-refractivity contribution < 1.29 is 4.74 Å². The summed E-state index contributed by atoms with van der Waals surface area (Å²) in [5, 5.41) is 3.12. The molecule has 0 aromatic carbocycles. The molecule has 102 valence electrons. The molecule has 0 radical (unpaired) electrons. The maximum Gasteiger partial charge on any atom is 0.0942 e. The summed E-state index contributed by atoms with van der Waals surface area (Å²) in [4.78, 5) is 4.35. The Morgan fingerprint density at radius 3 is 3.11 bits per heavy atom. The second-order valence-corrected chi connectivity index (χ2v) is 6.30. The lowest BCUT2D eigenvalue weighted by atomic mass is 9.74. The van der Waals surface area contributed by atoms with Crippen LogP contribution >= 0.6 is 11.3 Å². The van der Waals surface area contributed by atoms with Crippen molar-refractivity contribution in [2.24, 2.45) is 11.8 Å². The van der Waals surface area contributed by atoms with E-state index in [1.807, 2.05) is 18.7 Å². The predicted octanol–water partition coefficient (Wildman–Crippen LogP) is 2.11. The standard InChI is InChI=1S/C13H23N3OS/c1-10-4-3-5-13(9-10,17-2)11(16-14)8-12-15-6-7-18-12/h6-7,10-11,16H,3-5,8-9,14H2,1-2H3. The summed E-state index contributed by atoms with van der Waals surface area (Å²) < 4.78 is 5.89. The third-order valence-electron chi connectivity index (χ3n) is 4.10. The van der Waals surface area contributed by atoms with Crippen LogP contribution in [0.1, 0.15) is 37.6 Å². The van der Waals surface area contributed by atoms with Crippen molar-refractivity contribution in [2.45, 2.75) is 50.7 Å². The Labute approximate surface area is 113 Å². The molecule has 1 aromatic rings. The van der Waals surface area contributed by atoms with E-state index in [0.29, 0.717) is 5.92 Å². The minimum atomic E-state index is -0.141. The van der Waals surface area contributed by atoms with Crippen molar-refractivity contribution in [1.29, 1.82) is 0 Å². The summed E-state index contributed by atoms with van der Waals surface area (Å²) in [6, 6.07) is 0.136. The monoisotopic (exact) mass is 269 g/mol. The van der Waals surface area contributed by atoms with Crippen LogP contribution in [0.5, 0.6) is 0 Å². The van der Waals surface area contributed by atoms with Crippen molar-refractivity contribution >= 4 is 11.3 Å². The molecule has 1 aliphatic rings. The fourth-order valence-corrected chi connectivity index (χ4v) is 3.78. The van der Waals surface area contributed by atoms with Gasteiger partial charge in [0, 0.05) is 25.1 Å². The van der Waals surface area contributed by atoms with Gasteiger partial charge in [0.05, 0.1) is 16.7 Å². The first-order valence-corrected chi connectivity index (χ1v) is 7.48. The number of nitrogens with two attached hydrogens (primary N) is 1. The lowest BCUT2D eigenvalue weighted by molar-refractivity contribution is -0.0791. The van der Waals surface area contributed by atoms with Crippen molar-refractivity contribution in [2.75, 3.05) is 7.11 Å². The topological polar surface area (TPSA) is 60.2 Å². The average Bonchev–Trinajstić information content (AvgIpc) is 2.88. The molecular formula is C13H23N3OS. The minimum absolute atomic E-state index is 0.136. The van der Waals surface area contributed by atoms with E-state index in [4.69, 9.17) is 10.6 Å². The molecular weight excluding hydrogens is 246 g/mol. The third-order valence-corrected chi connectivity index (χ3v) is 4.90. The highest BCUT2D eigenvalue weighted by atomic mass is 32.1. The molecule has 4 nitrogen and oxygen atoms in total. The summed E-state index contributed by atoms with van der Waals surface area (Å²) in [5.41, 5.74) is 2.82. The number of methoxy groups -OCH3 is 1. The molecule has 0 spiro atoms. The van der Waals surface area contributed by atoms with Gasteiger partial charge < -0.3 is 4.74 Å². The lowest BCUT2D eigenvalue weighted by Gasteiger charge is -2.44. The summed E-state index contributed by atoms with van der Waals surface area (Å²) in [7, 11) is 1.81. The van der Waals surface area contributed by atoms with Crippen LogP contribution in [0.15, 0.2) is 11.6 Å². The quantitative estimate of drug-likeness (QED) is 0.635. The fraction of sp³-hybridized carbons (Fsp3) is 0.769. The van der Waals surface area contributed by atoms with Gasteiger partial charge in [-0.15, -0.1) is 11.3 Å². The van der Waals surface area contributed by atoms with Crippen LogP contribution in [0.4, 0.5) is 0 Å². The van der Waals surface area contributed by atoms with Crippen molar-refractivity contribution in [1.82, 2.24) is 10.4 Å². The van der Waals surface area contributed by atoms with Crippen LogP contribution in [-0.2, 0) is 11.2 Å². The predicted molar refractivity (Wildman–Crippen MR) is 74.3 cm³/mol. The van der Waals surface area contributed by atoms with E-state index in [2.05, 4.69) is 17.3 Å². The van der Waals surface area contributed by atoms with Crippen LogP contribution in [0.25, 0.3) is 0 Å². The molecule has 1 saturated carbocycles. The highest BCUT2D eigenvalue weighted by molar-refractivity contribution is 7.09. The van der Waals surface area contributed by atoms with Gasteiger partial charge in [0.2, 0.25) is 0 Å². The van der Waals surface area contributed by atoms with Gasteiger partial charge in [0.25, 0.3) is 0 Å². The molecule has 5 heteroatoms. The van der Waals surface area contributed by atoms with Gasteiger partial charge in [-0.05, 0) is 18.8 Å². The molecule has 3 N–H and O–H groups in total. The first-order valence-electron chi connectivity index (χ1n) is 6.60. The number of nitrogens with zero attached hydrogens (tertiary/aromatic N) is 1. The zero-order chi connectivity index (χ0) is 13.0. The molecule has 1 aromatic heterocycles. The molecule has 18 heavy (non-hydrogen) atoms. The van der Waals surface area contributed by atoms with Crippen LogP contribution in [0, 0.1) is 5.92 Å². The van der Waals surface area contributed by atoms with Crippen LogP contribution < -0.4 is 11.3 Å². The average molecular weight is 269 g/mol. The lowest BCUT2D eigenvalue weighted by Crippen LogP contribution is -2.57. The Kier molecular flexibility index (Phi) is 4.72. The van der Waals surface area contributed by atoms with Gasteiger partial charge in [0.1, 0.15) is 0 Å². The molecule has 1 aliphatic carbocycles. The van der Waals surface area contributed by atoms with Gasteiger partial charge in [-0.1, -0.05) is 19.8 Å². The molecule has 1 heterocycles. The Bertz CT molecular complexity index is 357. The van der Waals surface area contributed by atoms with E-state index in [0.717, 1.165) is 24.3 Å². The summed E-state index contributed by atoms with van der Waals surface area (Å²) in [6.45, 7) is 2.30. The van der Waals surface area contributed by atoms with Crippen LogP contribution in [-0.4, -0.2) is 23.7 Å². The zero-order valence-corrected chi connectivity index (χ0v) is 12.0. The van der Waals surface area contributed by atoms with E-state index in [1.54, 1.807) is 11.3 Å². The minimum Gasteiger partial charge on any atom is -0.377 e. The van der Waals surface area contributed by atoms with E-state index in [1.165, 1.54) is 12.8 Å². The Balaban J connectivity index is 2.12. The maximum absolute atomic E-state index is 5.89. The number of ether oxygens (including phenoxy) is 1. The molecule has 0 amide bonds. The number of aromatic nitrogens is 1. The van der Waals surface area contributed by atoms with E-state index >= 15 is 0 Å². The van der Waals surface area contributed by atoms with Gasteiger partial charge in [-0.25, -0.2) is 4.98 Å². The third kappa shape index (κ3) is 2.91. The molecule has 3 unspecified atom stereocenters. The van der Waals surface area contributed by atoms with Gasteiger partial charge in [0.15, 0.2) is 0 Å². The maximum atomic E-state index is 5.89. The first kappa shape index (κ1) is 13.9. The Morgan fingerprint density at radius 1 is 1.72 bits per heavy atom. The summed E-state index contributed by atoms with van der Waals surface area (Å²) >= 11 is 1.68. The Morgan fingerprint density at radius 2 is 2.56 bits per heavy atom. The fourth-order valence-electron chi connectivity index (χ4n) is 3.11. The van der Waals surface area contributed by atoms with E-state index < -0.39 is 0 Å². The smallest absolute Gasteiger partial charge is 0.0942 e. The number of hydrazine groups is 1. The van der Waals surface area contributed by atoms with Crippen molar-refractivity contribution in [3.8, 4) is 0 Å². The molecule has 3 atom stereocenters. The summed E-state index contributed by atoms with van der Waals surface area (Å²) in [6.07, 6.45) is 7.34. The molecule has 2 rings (SSSR count). The summed E-state index contributed by atoms with van der Waals surface area (Å²) in [5.74, 6) is 6.47. The van der Waals surface area contributed by atoms with E-state index in [-0.39, 0.29) is 11.6 Å². The SMILES string of the molecule is COC1(C(Cc2nccs2)NN)CCCC(C)C1. The second kappa shape index (κ2) is 6.10. The van der Waals surface area contributed by atoms with Crippen LogP contribution in [0.2, 0.25) is 0 Å². The van der Waals surface area contributed by atoms with Crippen molar-refractivity contribution in [3.63, 3.8) is 0 Å². The number of nitrogens with one attached hydrogen (secondary N) is 1. The number of rotatable bonds is 5. The molecule has 0 aliphatic heterocycles. The Hall–Kier alpha value is -0.490.